The zero-order valence-corrected chi connectivity index (χ0v) is 16.5. The van der Waals surface area contributed by atoms with E-state index in [0.717, 1.165) is 40.0 Å². The molecule has 0 radical (unpaired) electrons. The number of amides is 1. The predicted molar refractivity (Wildman–Crippen MR) is 111 cm³/mol. The van der Waals surface area contributed by atoms with E-state index in [-0.39, 0.29) is 11.9 Å². The molecule has 1 aliphatic heterocycles. The highest BCUT2D eigenvalue weighted by atomic mass is 16.5. The third-order valence-corrected chi connectivity index (χ3v) is 5.41. The van der Waals surface area contributed by atoms with Gasteiger partial charge in [-0.1, -0.05) is 12.1 Å². The van der Waals surface area contributed by atoms with E-state index < -0.39 is 0 Å². The Hall–Kier alpha value is -2.92. The minimum absolute atomic E-state index is 0.0848. The van der Waals surface area contributed by atoms with Crippen LogP contribution in [-0.2, 0) is 11.3 Å². The molecule has 1 amide bonds. The number of carbonyl (C=O) groups excluding carboxylic acids is 1. The molecule has 1 fully saturated rings. The van der Waals surface area contributed by atoms with E-state index in [1.165, 1.54) is 5.56 Å². The average Bonchev–Trinajstić information content (AvgIpc) is 2.71. The second-order valence-corrected chi connectivity index (χ2v) is 7.36. The molecule has 3 aromatic rings. The Morgan fingerprint density at radius 2 is 1.96 bits per heavy atom. The molecule has 1 aliphatic rings. The second kappa shape index (κ2) is 7.60. The summed E-state index contributed by atoms with van der Waals surface area (Å²) in [4.78, 5) is 19.3. The van der Waals surface area contributed by atoms with Crippen molar-refractivity contribution in [2.75, 3.05) is 20.2 Å². The lowest BCUT2D eigenvalue weighted by atomic mass is 10.0. The molecule has 2 heterocycles. The number of aryl methyl sites for hydroxylation is 1. The summed E-state index contributed by atoms with van der Waals surface area (Å²) >= 11 is 0. The Morgan fingerprint density at radius 1 is 1.18 bits per heavy atom. The molecule has 4 rings (SSSR count). The molecule has 0 aliphatic carbocycles. The Kier molecular flexibility index (Phi) is 5.01. The highest BCUT2D eigenvalue weighted by Crippen LogP contribution is 2.29. The average molecular weight is 375 g/mol. The Balaban J connectivity index is 1.80. The topological polar surface area (TPSA) is 54.5 Å². The number of nitrogens with zero attached hydrogens (tertiary/aromatic N) is 2. The van der Waals surface area contributed by atoms with Gasteiger partial charge in [-0.2, -0.15) is 0 Å². The fraction of sp³-hybridized carbons (Fsp3) is 0.304. The van der Waals surface area contributed by atoms with Gasteiger partial charge < -0.3 is 10.1 Å². The van der Waals surface area contributed by atoms with Gasteiger partial charge >= 0.3 is 0 Å². The van der Waals surface area contributed by atoms with Crippen LogP contribution < -0.4 is 10.1 Å². The van der Waals surface area contributed by atoms with Crippen molar-refractivity contribution in [2.45, 2.75) is 26.4 Å². The number of nitrogens with one attached hydrogen (secondary N) is 1. The number of hydrogen-bond donors (Lipinski definition) is 1. The standard InChI is InChI=1S/C23H25N3O2/c1-15-4-5-18-13-19(14-26-11-10-24-23(27)16(26)2)22(25-21(18)12-15)17-6-8-20(28-3)9-7-17/h4-9,12-13,16H,10-11,14H2,1-3H3,(H,24,27). The van der Waals surface area contributed by atoms with Gasteiger partial charge in [-0.05, 0) is 61.4 Å². The maximum Gasteiger partial charge on any atom is 0.237 e. The molecule has 144 valence electrons. The Bertz CT molecular complexity index is 1010. The number of pyridine rings is 1. The number of rotatable bonds is 4. The number of carbonyl (C=O) groups is 1. The molecule has 1 saturated heterocycles. The number of fused-ring (bicyclic) bond motifs is 1. The van der Waals surface area contributed by atoms with E-state index in [1.807, 2.05) is 31.2 Å². The molecule has 5 heteroatoms. The van der Waals surface area contributed by atoms with Crippen molar-refractivity contribution in [3.8, 4) is 17.0 Å². The molecule has 0 bridgehead atoms. The van der Waals surface area contributed by atoms with E-state index in [4.69, 9.17) is 9.72 Å². The molecular weight excluding hydrogens is 350 g/mol. The van der Waals surface area contributed by atoms with Gasteiger partial charge in [0.2, 0.25) is 5.91 Å². The van der Waals surface area contributed by atoms with Crippen molar-refractivity contribution in [1.29, 1.82) is 0 Å². The van der Waals surface area contributed by atoms with Gasteiger partial charge in [-0.25, -0.2) is 4.98 Å². The molecule has 1 atom stereocenters. The van der Waals surface area contributed by atoms with E-state index in [0.29, 0.717) is 13.1 Å². The zero-order valence-electron chi connectivity index (χ0n) is 16.5. The molecule has 1 aromatic heterocycles. The number of benzene rings is 2. The van der Waals surface area contributed by atoms with Gasteiger partial charge in [0.15, 0.2) is 0 Å². The van der Waals surface area contributed by atoms with Crippen molar-refractivity contribution in [2.24, 2.45) is 0 Å². The maximum absolute atomic E-state index is 12.1. The predicted octanol–water partition coefficient (Wildman–Crippen LogP) is 3.54. The highest BCUT2D eigenvalue weighted by molar-refractivity contribution is 5.84. The lowest BCUT2D eigenvalue weighted by Crippen LogP contribution is -2.53. The van der Waals surface area contributed by atoms with Crippen molar-refractivity contribution < 1.29 is 9.53 Å². The molecular formula is C23H25N3O2. The van der Waals surface area contributed by atoms with Gasteiger partial charge in [0.1, 0.15) is 5.75 Å². The zero-order chi connectivity index (χ0) is 19.7. The first-order valence-electron chi connectivity index (χ1n) is 9.61. The molecule has 0 saturated carbocycles. The number of ether oxygens (including phenoxy) is 1. The van der Waals surface area contributed by atoms with Gasteiger partial charge in [0, 0.05) is 30.6 Å². The number of hydrogen-bond acceptors (Lipinski definition) is 4. The summed E-state index contributed by atoms with van der Waals surface area (Å²) in [6.45, 7) is 6.24. The molecule has 1 unspecified atom stereocenters. The van der Waals surface area contributed by atoms with Crippen LogP contribution in [0.1, 0.15) is 18.1 Å². The van der Waals surface area contributed by atoms with Crippen molar-refractivity contribution in [3.05, 3.63) is 59.7 Å². The van der Waals surface area contributed by atoms with Crippen LogP contribution in [0.25, 0.3) is 22.2 Å². The fourth-order valence-electron chi connectivity index (χ4n) is 3.70. The highest BCUT2D eigenvalue weighted by Gasteiger charge is 2.26. The van der Waals surface area contributed by atoms with Crippen LogP contribution in [0.15, 0.2) is 48.5 Å². The Morgan fingerprint density at radius 3 is 2.71 bits per heavy atom. The first kappa shape index (κ1) is 18.4. The van der Waals surface area contributed by atoms with Crippen molar-refractivity contribution >= 4 is 16.8 Å². The largest absolute Gasteiger partial charge is 0.497 e. The Labute approximate surface area is 165 Å². The van der Waals surface area contributed by atoms with Crippen molar-refractivity contribution in [1.82, 2.24) is 15.2 Å². The third-order valence-electron chi connectivity index (χ3n) is 5.41. The number of piperazine rings is 1. The molecule has 2 aromatic carbocycles. The van der Waals surface area contributed by atoms with E-state index in [9.17, 15) is 4.79 Å². The summed E-state index contributed by atoms with van der Waals surface area (Å²) in [6.07, 6.45) is 0. The van der Waals surface area contributed by atoms with E-state index in [2.05, 4.69) is 41.4 Å². The quantitative estimate of drug-likeness (QED) is 0.758. The van der Waals surface area contributed by atoms with Gasteiger partial charge in [-0.3, -0.25) is 9.69 Å². The van der Waals surface area contributed by atoms with Crippen LogP contribution in [0.4, 0.5) is 0 Å². The molecule has 1 N–H and O–H groups in total. The monoisotopic (exact) mass is 375 g/mol. The van der Waals surface area contributed by atoms with Gasteiger partial charge in [-0.15, -0.1) is 0 Å². The number of methoxy groups -OCH3 is 1. The van der Waals surface area contributed by atoms with Crippen LogP contribution in [0, 0.1) is 6.92 Å². The lowest BCUT2D eigenvalue weighted by Gasteiger charge is -2.33. The smallest absolute Gasteiger partial charge is 0.237 e. The molecule has 0 spiro atoms. The van der Waals surface area contributed by atoms with Crippen LogP contribution in [0.2, 0.25) is 0 Å². The molecule has 5 nitrogen and oxygen atoms in total. The second-order valence-electron chi connectivity index (χ2n) is 7.36. The van der Waals surface area contributed by atoms with Crippen LogP contribution >= 0.6 is 0 Å². The fourth-order valence-corrected chi connectivity index (χ4v) is 3.70. The first-order valence-corrected chi connectivity index (χ1v) is 9.61. The van der Waals surface area contributed by atoms with E-state index in [1.54, 1.807) is 7.11 Å². The normalized spacial score (nSPS) is 17.5. The third kappa shape index (κ3) is 3.58. The summed E-state index contributed by atoms with van der Waals surface area (Å²) < 4.78 is 5.30. The maximum atomic E-state index is 12.1. The SMILES string of the molecule is COc1ccc(-c2nc3cc(C)ccc3cc2CN2CCNC(=O)C2C)cc1. The summed E-state index contributed by atoms with van der Waals surface area (Å²) in [5, 5.41) is 4.05. The van der Waals surface area contributed by atoms with Crippen LogP contribution in [-0.4, -0.2) is 42.0 Å². The number of aromatic nitrogens is 1. The molecule has 28 heavy (non-hydrogen) atoms. The summed E-state index contributed by atoms with van der Waals surface area (Å²) in [5.74, 6) is 0.907. The van der Waals surface area contributed by atoms with E-state index >= 15 is 0 Å². The summed E-state index contributed by atoms with van der Waals surface area (Å²) in [7, 11) is 1.67. The van der Waals surface area contributed by atoms with Crippen LogP contribution in [0.5, 0.6) is 5.75 Å². The summed E-state index contributed by atoms with van der Waals surface area (Å²) in [6, 6.07) is 16.4. The first-order chi connectivity index (χ1) is 13.5. The van der Waals surface area contributed by atoms with Crippen LogP contribution in [0.3, 0.4) is 0 Å². The lowest BCUT2D eigenvalue weighted by molar-refractivity contribution is -0.128. The van der Waals surface area contributed by atoms with Gasteiger partial charge in [0.25, 0.3) is 0 Å². The van der Waals surface area contributed by atoms with Crippen molar-refractivity contribution in [3.63, 3.8) is 0 Å². The van der Waals surface area contributed by atoms with Gasteiger partial charge in [0.05, 0.1) is 24.4 Å². The minimum Gasteiger partial charge on any atom is -0.497 e. The summed E-state index contributed by atoms with van der Waals surface area (Å²) in [5.41, 5.74) is 5.31. The minimum atomic E-state index is -0.147.